The van der Waals surface area contributed by atoms with E-state index in [-0.39, 0.29) is 0 Å². The zero-order chi connectivity index (χ0) is 14.8. The number of piperazine rings is 1. The van der Waals surface area contributed by atoms with Gasteiger partial charge in [-0.05, 0) is 0 Å². The third kappa shape index (κ3) is 3.57. The molecule has 0 N–H and O–H groups in total. The lowest BCUT2D eigenvalue weighted by Crippen LogP contribution is -2.51. The highest BCUT2D eigenvalue weighted by atomic mass is 32.1. The number of aryl methyl sites for hydroxylation is 1. The van der Waals surface area contributed by atoms with Crippen LogP contribution in [-0.4, -0.2) is 59.3 Å². The van der Waals surface area contributed by atoms with Crippen LogP contribution in [0.3, 0.4) is 0 Å². The average Bonchev–Trinajstić information content (AvgIpc) is 2.88. The van der Waals surface area contributed by atoms with Gasteiger partial charge in [-0.2, -0.15) is 13.2 Å². The van der Waals surface area contributed by atoms with Crippen LogP contribution in [-0.2, 0) is 6.42 Å². The van der Waals surface area contributed by atoms with E-state index in [9.17, 15) is 17.6 Å². The molecule has 0 radical (unpaired) electrons. The third-order valence-corrected chi connectivity index (χ3v) is 3.98. The molecular formula is C11H16F4N4S. The van der Waals surface area contributed by atoms with Crippen molar-refractivity contribution in [3.05, 3.63) is 5.82 Å². The molecule has 4 nitrogen and oxygen atoms in total. The molecule has 0 amide bonds. The molecule has 9 heteroatoms. The lowest BCUT2D eigenvalue weighted by molar-refractivity contribution is -0.142. The number of hydrogen-bond donors (Lipinski definition) is 0. The van der Waals surface area contributed by atoms with Crippen LogP contribution in [0.2, 0.25) is 0 Å². The van der Waals surface area contributed by atoms with Crippen molar-refractivity contribution < 1.29 is 17.6 Å². The Bertz CT molecular complexity index is 432. The maximum atomic E-state index is 13.0. The van der Waals surface area contributed by atoms with Crippen molar-refractivity contribution in [2.24, 2.45) is 0 Å². The molecule has 114 valence electrons. The number of halogens is 4. The zero-order valence-corrected chi connectivity index (χ0v) is 11.8. The summed E-state index contributed by atoms with van der Waals surface area (Å²) >= 11 is 1.28. The summed E-state index contributed by atoms with van der Waals surface area (Å²) in [7, 11) is 0. The van der Waals surface area contributed by atoms with Crippen molar-refractivity contribution in [3.63, 3.8) is 0 Å². The van der Waals surface area contributed by atoms with Crippen molar-refractivity contribution >= 4 is 16.7 Å². The number of nitrogens with zero attached hydrogens (tertiary/aromatic N) is 4. The van der Waals surface area contributed by atoms with E-state index in [2.05, 4.69) is 9.36 Å². The molecule has 0 saturated carbocycles. The van der Waals surface area contributed by atoms with Crippen LogP contribution in [0.25, 0.3) is 0 Å². The van der Waals surface area contributed by atoms with E-state index < -0.39 is 18.9 Å². The summed E-state index contributed by atoms with van der Waals surface area (Å²) in [5.41, 5.74) is 0. The largest absolute Gasteiger partial charge is 0.344 e. The van der Waals surface area contributed by atoms with Gasteiger partial charge < -0.3 is 4.90 Å². The van der Waals surface area contributed by atoms with Crippen LogP contribution >= 0.6 is 11.5 Å². The zero-order valence-electron chi connectivity index (χ0n) is 11.0. The van der Waals surface area contributed by atoms with Crippen molar-refractivity contribution in [1.29, 1.82) is 0 Å². The molecule has 0 spiro atoms. The second kappa shape index (κ2) is 6.21. The smallest absolute Gasteiger partial charge is 0.319 e. The Morgan fingerprint density at radius 1 is 1.25 bits per heavy atom. The summed E-state index contributed by atoms with van der Waals surface area (Å²) in [4.78, 5) is 7.64. The maximum absolute atomic E-state index is 13.0. The number of rotatable bonds is 5. The summed E-state index contributed by atoms with van der Waals surface area (Å²) in [6.45, 7) is 2.70. The van der Waals surface area contributed by atoms with Crippen LogP contribution in [0, 0.1) is 0 Å². The Hall–Kier alpha value is -0.960. The Kier molecular flexibility index (Phi) is 4.79. The lowest BCUT2D eigenvalue weighted by Gasteiger charge is -2.35. The number of aromatic nitrogens is 2. The van der Waals surface area contributed by atoms with Gasteiger partial charge in [0.2, 0.25) is 5.13 Å². The van der Waals surface area contributed by atoms with Gasteiger partial charge >= 0.3 is 12.3 Å². The highest BCUT2D eigenvalue weighted by molar-refractivity contribution is 7.09. The first kappa shape index (κ1) is 15.4. The standard InChI is InChI=1S/C11H16F4N4S/c1-2-8-16-10(20-17-8)19-5-3-18(4-6-19)7-11(14,15)9(12)13/h9H,2-7H2,1H3. The molecule has 1 aliphatic rings. The SMILES string of the molecule is CCc1nsc(N2CCN(CC(F)(F)C(F)F)CC2)n1. The summed E-state index contributed by atoms with van der Waals surface area (Å²) in [6, 6.07) is 0. The summed E-state index contributed by atoms with van der Waals surface area (Å²) in [6.07, 6.45) is -2.87. The monoisotopic (exact) mass is 312 g/mol. The fraction of sp³-hybridized carbons (Fsp3) is 0.818. The summed E-state index contributed by atoms with van der Waals surface area (Å²) in [5.74, 6) is -3.18. The first-order valence-electron chi connectivity index (χ1n) is 6.38. The molecule has 0 bridgehead atoms. The molecule has 0 unspecified atom stereocenters. The van der Waals surface area contributed by atoms with Crippen LogP contribution < -0.4 is 4.90 Å². The van der Waals surface area contributed by atoms with Crippen molar-refractivity contribution in [3.8, 4) is 0 Å². The van der Waals surface area contributed by atoms with Crippen molar-refractivity contribution in [2.45, 2.75) is 25.7 Å². The minimum Gasteiger partial charge on any atom is -0.344 e. The Morgan fingerprint density at radius 2 is 1.90 bits per heavy atom. The van der Waals surface area contributed by atoms with E-state index in [4.69, 9.17) is 0 Å². The maximum Gasteiger partial charge on any atom is 0.319 e. The molecule has 2 rings (SSSR count). The lowest BCUT2D eigenvalue weighted by atomic mass is 10.2. The van der Waals surface area contributed by atoms with Gasteiger partial charge in [-0.3, -0.25) is 4.90 Å². The number of anilines is 1. The predicted molar refractivity (Wildman–Crippen MR) is 68.9 cm³/mol. The van der Waals surface area contributed by atoms with Crippen LogP contribution in [0.1, 0.15) is 12.7 Å². The van der Waals surface area contributed by atoms with Gasteiger partial charge in [-0.1, -0.05) is 6.92 Å². The molecule has 0 aliphatic carbocycles. The van der Waals surface area contributed by atoms with E-state index in [0.717, 1.165) is 17.4 Å². The van der Waals surface area contributed by atoms with Gasteiger partial charge in [0.05, 0.1) is 6.54 Å². The molecule has 0 aromatic carbocycles. The van der Waals surface area contributed by atoms with Crippen LogP contribution in [0.4, 0.5) is 22.7 Å². The molecule has 1 saturated heterocycles. The van der Waals surface area contributed by atoms with Crippen LogP contribution in [0.15, 0.2) is 0 Å². The Morgan fingerprint density at radius 3 is 2.40 bits per heavy atom. The van der Waals surface area contributed by atoms with Crippen LogP contribution in [0.5, 0.6) is 0 Å². The van der Waals surface area contributed by atoms with Gasteiger partial charge in [0.15, 0.2) is 0 Å². The molecule has 0 atom stereocenters. The number of alkyl halides is 4. The quantitative estimate of drug-likeness (QED) is 0.780. The minimum atomic E-state index is -3.94. The topological polar surface area (TPSA) is 32.3 Å². The van der Waals surface area contributed by atoms with Crippen molar-refractivity contribution in [2.75, 3.05) is 37.6 Å². The predicted octanol–water partition coefficient (Wildman–Crippen LogP) is 2.12. The molecule has 1 aromatic heterocycles. The molecule has 20 heavy (non-hydrogen) atoms. The van der Waals surface area contributed by atoms with Gasteiger partial charge in [0.1, 0.15) is 5.82 Å². The summed E-state index contributed by atoms with van der Waals surface area (Å²) < 4.78 is 54.4. The Balaban J connectivity index is 1.86. The first-order valence-corrected chi connectivity index (χ1v) is 7.15. The Labute approximate surface area is 118 Å². The van der Waals surface area contributed by atoms with Gasteiger partial charge in [0, 0.05) is 44.1 Å². The highest BCUT2D eigenvalue weighted by Crippen LogP contribution is 2.25. The third-order valence-electron chi connectivity index (χ3n) is 3.17. The van der Waals surface area contributed by atoms with E-state index in [0.29, 0.717) is 26.2 Å². The molecular weight excluding hydrogens is 296 g/mol. The molecule has 1 aromatic rings. The molecule has 1 fully saturated rings. The van der Waals surface area contributed by atoms with Gasteiger partial charge in [0.25, 0.3) is 0 Å². The van der Waals surface area contributed by atoms with E-state index >= 15 is 0 Å². The second-order valence-corrected chi connectivity index (χ2v) is 5.40. The minimum absolute atomic E-state index is 0.323. The second-order valence-electron chi connectivity index (χ2n) is 4.67. The van der Waals surface area contributed by atoms with E-state index in [1.165, 1.54) is 16.4 Å². The summed E-state index contributed by atoms with van der Waals surface area (Å²) in [5, 5.41) is 0.766. The molecule has 1 aliphatic heterocycles. The van der Waals surface area contributed by atoms with Crippen molar-refractivity contribution in [1.82, 2.24) is 14.3 Å². The van der Waals surface area contributed by atoms with E-state index in [1.807, 2.05) is 11.8 Å². The van der Waals surface area contributed by atoms with E-state index in [1.54, 1.807) is 0 Å². The average molecular weight is 312 g/mol. The normalized spacial score (nSPS) is 18.0. The van der Waals surface area contributed by atoms with Gasteiger partial charge in [-0.25, -0.2) is 13.8 Å². The first-order chi connectivity index (χ1) is 9.42. The number of hydrogen-bond acceptors (Lipinski definition) is 5. The highest BCUT2D eigenvalue weighted by Gasteiger charge is 2.42. The fourth-order valence-corrected chi connectivity index (χ4v) is 2.78. The molecule has 2 heterocycles. The van der Waals surface area contributed by atoms with Gasteiger partial charge in [-0.15, -0.1) is 0 Å². The fourth-order valence-electron chi connectivity index (χ4n) is 1.98.